The largest absolute Gasteiger partial charge is 0.490 e. The minimum Gasteiger partial charge on any atom is -0.490 e. The number of rotatable bonds is 12. The monoisotopic (exact) mass is 440 g/mol. The lowest BCUT2D eigenvalue weighted by Gasteiger charge is -2.22. The molecule has 0 aliphatic carbocycles. The summed E-state index contributed by atoms with van der Waals surface area (Å²) in [6.07, 6.45) is 5.25. The topological polar surface area (TPSA) is 27.7 Å². The van der Waals surface area contributed by atoms with Crippen LogP contribution >= 0.6 is 0 Å². The number of hydrogen-bond donors (Lipinski definition) is 0. The molecular formula is C30H32O3. The molecule has 3 nitrogen and oxygen atoms in total. The minimum absolute atomic E-state index is 0.0535. The molecule has 0 N–H and O–H groups in total. The highest BCUT2D eigenvalue weighted by atomic mass is 16.5. The summed E-state index contributed by atoms with van der Waals surface area (Å²) in [6.45, 7) is 16.8. The Hall–Kier alpha value is -3.72. The van der Waals surface area contributed by atoms with Gasteiger partial charge in [0.15, 0.2) is 0 Å². The standard InChI is InChI=1S/C30H32O3/c1-6-17-31-27-13-9-24(10-14-27)30(25-11-15-28(22(4)20-25)32-18-7-2)26-12-16-29(23(5)21-26)33-19-8-3/h6-16,20-21,30H,1-3,17-19H2,4-5H3. The molecule has 0 heterocycles. The van der Waals surface area contributed by atoms with Crippen LogP contribution in [0.1, 0.15) is 33.7 Å². The van der Waals surface area contributed by atoms with Crippen molar-refractivity contribution in [1.82, 2.24) is 0 Å². The molecule has 3 aromatic rings. The number of benzene rings is 3. The van der Waals surface area contributed by atoms with Gasteiger partial charge in [-0.15, -0.1) is 0 Å². The van der Waals surface area contributed by atoms with Gasteiger partial charge in [0.1, 0.15) is 37.1 Å². The van der Waals surface area contributed by atoms with Gasteiger partial charge in [0.2, 0.25) is 0 Å². The Morgan fingerprint density at radius 3 is 1.45 bits per heavy atom. The average Bonchev–Trinajstić information content (AvgIpc) is 2.82. The molecule has 0 aliphatic heterocycles. The molecule has 3 rings (SSSR count). The van der Waals surface area contributed by atoms with Gasteiger partial charge in [-0.2, -0.15) is 0 Å². The van der Waals surface area contributed by atoms with Gasteiger partial charge in [-0.05, 0) is 65.9 Å². The van der Waals surface area contributed by atoms with Crippen molar-refractivity contribution in [1.29, 1.82) is 0 Å². The van der Waals surface area contributed by atoms with Crippen LogP contribution in [0.5, 0.6) is 17.2 Å². The van der Waals surface area contributed by atoms with E-state index < -0.39 is 0 Å². The molecule has 0 amide bonds. The molecule has 170 valence electrons. The summed E-state index contributed by atoms with van der Waals surface area (Å²) in [7, 11) is 0. The Morgan fingerprint density at radius 2 is 1.03 bits per heavy atom. The van der Waals surface area contributed by atoms with Crippen molar-refractivity contribution in [3.05, 3.63) is 126 Å². The SMILES string of the molecule is C=CCOc1ccc(C(c2ccc(OCC=C)c(C)c2)c2ccc(OCC=C)c(C)c2)cc1. The lowest BCUT2D eigenvalue weighted by atomic mass is 9.84. The summed E-state index contributed by atoms with van der Waals surface area (Å²) in [6, 6.07) is 21.0. The number of ether oxygens (including phenoxy) is 3. The molecule has 3 heteroatoms. The summed E-state index contributed by atoms with van der Waals surface area (Å²) in [5.74, 6) is 2.62. The molecule has 0 aromatic heterocycles. The Labute approximate surface area is 197 Å². The first-order chi connectivity index (χ1) is 16.1. The third kappa shape index (κ3) is 6.17. The van der Waals surface area contributed by atoms with Crippen LogP contribution < -0.4 is 14.2 Å². The van der Waals surface area contributed by atoms with Crippen molar-refractivity contribution in [3.8, 4) is 17.2 Å². The van der Waals surface area contributed by atoms with Crippen LogP contribution in [0.2, 0.25) is 0 Å². The van der Waals surface area contributed by atoms with Crippen LogP contribution in [0, 0.1) is 13.8 Å². The molecule has 0 unspecified atom stereocenters. The van der Waals surface area contributed by atoms with E-state index in [2.05, 4.69) is 70.0 Å². The first-order valence-corrected chi connectivity index (χ1v) is 11.1. The second kappa shape index (κ2) is 11.8. The van der Waals surface area contributed by atoms with Gasteiger partial charge in [-0.3, -0.25) is 0 Å². The van der Waals surface area contributed by atoms with Gasteiger partial charge in [-0.1, -0.05) is 74.4 Å². The van der Waals surface area contributed by atoms with E-state index in [1.807, 2.05) is 24.3 Å². The van der Waals surface area contributed by atoms with Crippen LogP contribution in [0.15, 0.2) is 98.6 Å². The lowest BCUT2D eigenvalue weighted by molar-refractivity contribution is 0.360. The van der Waals surface area contributed by atoms with E-state index >= 15 is 0 Å². The van der Waals surface area contributed by atoms with Crippen molar-refractivity contribution in [2.75, 3.05) is 19.8 Å². The van der Waals surface area contributed by atoms with Crippen LogP contribution in [0.25, 0.3) is 0 Å². The molecule has 0 atom stereocenters. The third-order valence-corrected chi connectivity index (χ3v) is 5.36. The molecule has 0 spiro atoms. The maximum atomic E-state index is 5.79. The quantitative estimate of drug-likeness (QED) is 0.221. The Kier molecular flexibility index (Phi) is 8.54. The Morgan fingerprint density at radius 1 is 0.606 bits per heavy atom. The second-order valence-corrected chi connectivity index (χ2v) is 7.85. The Balaban J connectivity index is 2.02. The molecule has 0 bridgehead atoms. The zero-order valence-corrected chi connectivity index (χ0v) is 19.6. The van der Waals surface area contributed by atoms with Crippen LogP contribution in [-0.4, -0.2) is 19.8 Å². The van der Waals surface area contributed by atoms with E-state index in [1.54, 1.807) is 18.2 Å². The molecule has 0 saturated heterocycles. The van der Waals surface area contributed by atoms with Crippen molar-refractivity contribution in [2.24, 2.45) is 0 Å². The van der Waals surface area contributed by atoms with E-state index in [9.17, 15) is 0 Å². The highest BCUT2D eigenvalue weighted by molar-refractivity contribution is 5.50. The summed E-state index contributed by atoms with van der Waals surface area (Å²) in [5.41, 5.74) is 5.75. The molecule has 0 fully saturated rings. The first kappa shape index (κ1) is 23.9. The summed E-state index contributed by atoms with van der Waals surface area (Å²) < 4.78 is 17.3. The van der Waals surface area contributed by atoms with Gasteiger partial charge in [0.05, 0.1) is 0 Å². The summed E-state index contributed by atoms with van der Waals surface area (Å²) in [5, 5.41) is 0. The van der Waals surface area contributed by atoms with Crippen LogP contribution in [0.3, 0.4) is 0 Å². The van der Waals surface area contributed by atoms with Gasteiger partial charge in [0.25, 0.3) is 0 Å². The fourth-order valence-corrected chi connectivity index (χ4v) is 3.81. The second-order valence-electron chi connectivity index (χ2n) is 7.85. The van der Waals surface area contributed by atoms with Crippen molar-refractivity contribution in [2.45, 2.75) is 19.8 Å². The fourth-order valence-electron chi connectivity index (χ4n) is 3.81. The van der Waals surface area contributed by atoms with Gasteiger partial charge in [-0.25, -0.2) is 0 Å². The van der Waals surface area contributed by atoms with Crippen molar-refractivity contribution in [3.63, 3.8) is 0 Å². The maximum absolute atomic E-state index is 5.79. The van der Waals surface area contributed by atoms with E-state index in [4.69, 9.17) is 14.2 Å². The predicted molar refractivity (Wildman–Crippen MR) is 137 cm³/mol. The normalized spacial score (nSPS) is 10.5. The molecule has 0 aliphatic rings. The maximum Gasteiger partial charge on any atom is 0.122 e. The van der Waals surface area contributed by atoms with E-state index in [0.29, 0.717) is 19.8 Å². The fraction of sp³-hybridized carbons (Fsp3) is 0.200. The minimum atomic E-state index is 0.0535. The van der Waals surface area contributed by atoms with E-state index in [0.717, 1.165) is 28.4 Å². The van der Waals surface area contributed by atoms with Crippen LogP contribution in [0.4, 0.5) is 0 Å². The predicted octanol–water partition coefficient (Wildman–Crippen LogP) is 7.18. The van der Waals surface area contributed by atoms with Gasteiger partial charge < -0.3 is 14.2 Å². The average molecular weight is 441 g/mol. The molecule has 3 aromatic carbocycles. The Bertz CT molecular complexity index is 1030. The highest BCUT2D eigenvalue weighted by Gasteiger charge is 2.19. The molecule has 33 heavy (non-hydrogen) atoms. The van der Waals surface area contributed by atoms with Crippen molar-refractivity contribution < 1.29 is 14.2 Å². The molecular weight excluding hydrogens is 408 g/mol. The first-order valence-electron chi connectivity index (χ1n) is 11.1. The summed E-state index contributed by atoms with van der Waals surface area (Å²) in [4.78, 5) is 0. The van der Waals surface area contributed by atoms with Crippen LogP contribution in [-0.2, 0) is 0 Å². The van der Waals surface area contributed by atoms with E-state index in [1.165, 1.54) is 16.7 Å². The number of aryl methyl sites for hydroxylation is 2. The van der Waals surface area contributed by atoms with E-state index in [-0.39, 0.29) is 5.92 Å². The lowest BCUT2D eigenvalue weighted by Crippen LogP contribution is -2.06. The summed E-state index contributed by atoms with van der Waals surface area (Å²) >= 11 is 0. The number of hydrogen-bond acceptors (Lipinski definition) is 3. The zero-order chi connectivity index (χ0) is 23.6. The van der Waals surface area contributed by atoms with Gasteiger partial charge >= 0.3 is 0 Å². The molecule has 0 saturated carbocycles. The molecule has 0 radical (unpaired) electrons. The smallest absolute Gasteiger partial charge is 0.122 e. The zero-order valence-electron chi connectivity index (χ0n) is 19.6. The highest BCUT2D eigenvalue weighted by Crippen LogP contribution is 2.36. The van der Waals surface area contributed by atoms with Gasteiger partial charge in [0, 0.05) is 5.92 Å². The third-order valence-electron chi connectivity index (χ3n) is 5.36. The van der Waals surface area contributed by atoms with Crippen molar-refractivity contribution >= 4 is 0 Å².